The molecule has 2 nitrogen and oxygen atoms in total. The molecular weight excluding hydrogens is 615 g/mol. The highest BCUT2D eigenvalue weighted by atomic mass is 32.1. The summed E-state index contributed by atoms with van der Waals surface area (Å²) < 4.78 is 9.01. The number of fused-ring (bicyclic) bond motifs is 8. The molecule has 0 fully saturated rings. The molecule has 2 aromatic heterocycles. The van der Waals surface area contributed by atoms with E-state index in [2.05, 4.69) is 175 Å². The average molecular weight is 644 g/mol. The van der Waals surface area contributed by atoms with Crippen LogP contribution in [0.15, 0.2) is 180 Å². The van der Waals surface area contributed by atoms with Gasteiger partial charge in [0.1, 0.15) is 11.2 Å². The first-order valence-electron chi connectivity index (χ1n) is 16.6. The predicted octanol–water partition coefficient (Wildman–Crippen LogP) is 13.9. The van der Waals surface area contributed by atoms with Gasteiger partial charge in [-0.3, -0.25) is 0 Å². The van der Waals surface area contributed by atoms with Gasteiger partial charge in [-0.05, 0) is 87.6 Å². The number of furan rings is 1. The largest absolute Gasteiger partial charge is 0.456 e. The second-order valence-electron chi connectivity index (χ2n) is 12.5. The monoisotopic (exact) mass is 643 g/mol. The summed E-state index contributed by atoms with van der Waals surface area (Å²) in [4.78, 5) is 2.38. The van der Waals surface area contributed by atoms with Crippen LogP contribution in [0.2, 0.25) is 0 Å². The molecule has 0 aliphatic rings. The summed E-state index contributed by atoms with van der Waals surface area (Å²) in [6, 6.07) is 63.2. The third-order valence-electron chi connectivity index (χ3n) is 9.67. The van der Waals surface area contributed by atoms with Crippen LogP contribution >= 0.6 is 11.3 Å². The molecule has 0 spiro atoms. The third kappa shape index (κ3) is 4.55. The summed E-state index contributed by atoms with van der Waals surface area (Å²) in [5.41, 5.74) is 9.87. The first-order valence-corrected chi connectivity index (χ1v) is 17.4. The Morgan fingerprint density at radius 1 is 0.408 bits per heavy atom. The van der Waals surface area contributed by atoms with Gasteiger partial charge in [0, 0.05) is 36.9 Å². The van der Waals surface area contributed by atoms with Gasteiger partial charge in [0.2, 0.25) is 0 Å². The fourth-order valence-electron chi connectivity index (χ4n) is 7.44. The van der Waals surface area contributed by atoms with Crippen LogP contribution in [0.1, 0.15) is 0 Å². The van der Waals surface area contributed by atoms with Crippen molar-refractivity contribution in [2.75, 3.05) is 4.90 Å². The summed E-state index contributed by atoms with van der Waals surface area (Å²) in [7, 11) is 0. The van der Waals surface area contributed by atoms with Crippen LogP contribution in [-0.4, -0.2) is 0 Å². The van der Waals surface area contributed by atoms with Crippen molar-refractivity contribution in [2.45, 2.75) is 0 Å². The molecule has 0 unspecified atom stereocenters. The minimum absolute atomic E-state index is 0.879. The number of para-hydroxylation sites is 1. The van der Waals surface area contributed by atoms with Crippen molar-refractivity contribution in [1.82, 2.24) is 0 Å². The molecule has 0 atom stereocenters. The van der Waals surface area contributed by atoms with Crippen molar-refractivity contribution < 1.29 is 4.42 Å². The number of rotatable bonds is 5. The molecule has 0 bridgehead atoms. The summed E-state index contributed by atoms with van der Waals surface area (Å²) >= 11 is 1.86. The van der Waals surface area contributed by atoms with Gasteiger partial charge in [-0.2, -0.15) is 0 Å². The topological polar surface area (TPSA) is 16.4 Å². The van der Waals surface area contributed by atoms with Crippen molar-refractivity contribution in [3.8, 4) is 22.3 Å². The van der Waals surface area contributed by atoms with E-state index in [-0.39, 0.29) is 0 Å². The second kappa shape index (κ2) is 11.2. The zero-order valence-electron chi connectivity index (χ0n) is 26.5. The zero-order chi connectivity index (χ0) is 32.3. The molecular formula is C46H29NOS. The molecule has 10 aromatic rings. The first kappa shape index (κ1) is 27.9. The highest BCUT2D eigenvalue weighted by Gasteiger charge is 2.20. The van der Waals surface area contributed by atoms with Crippen molar-refractivity contribution in [2.24, 2.45) is 0 Å². The highest BCUT2D eigenvalue weighted by molar-refractivity contribution is 7.26. The second-order valence-corrected chi connectivity index (χ2v) is 13.6. The minimum atomic E-state index is 0.879. The standard InChI is InChI=1S/C46H29NOS/c1-2-11-30(12-3-1)35-13-4-5-14-36(35)31-21-24-33(25-22-31)47(40-17-10-19-42-46(40)38-15-6-8-18-41(38)48-42)34-26-27-37-32(29-34)23-28-44-45(37)39-16-7-9-20-43(39)49-44/h1-29H. The molecule has 49 heavy (non-hydrogen) atoms. The van der Waals surface area contributed by atoms with Crippen LogP contribution < -0.4 is 4.90 Å². The van der Waals surface area contributed by atoms with Crippen molar-refractivity contribution in [3.63, 3.8) is 0 Å². The van der Waals surface area contributed by atoms with Crippen molar-refractivity contribution in [1.29, 1.82) is 0 Å². The van der Waals surface area contributed by atoms with Crippen LogP contribution in [0, 0.1) is 0 Å². The lowest BCUT2D eigenvalue weighted by Gasteiger charge is -2.27. The quantitative estimate of drug-likeness (QED) is 0.186. The van der Waals surface area contributed by atoms with E-state index in [0.29, 0.717) is 0 Å². The Balaban J connectivity index is 1.17. The molecule has 0 aliphatic heterocycles. The van der Waals surface area contributed by atoms with Crippen LogP contribution in [0.5, 0.6) is 0 Å². The molecule has 10 rings (SSSR count). The molecule has 0 saturated heterocycles. The van der Waals surface area contributed by atoms with Gasteiger partial charge >= 0.3 is 0 Å². The van der Waals surface area contributed by atoms with Crippen LogP contribution in [-0.2, 0) is 0 Å². The van der Waals surface area contributed by atoms with E-state index < -0.39 is 0 Å². The minimum Gasteiger partial charge on any atom is -0.456 e. The van der Waals surface area contributed by atoms with Gasteiger partial charge in [0.05, 0.1) is 11.1 Å². The zero-order valence-corrected chi connectivity index (χ0v) is 27.3. The normalized spacial score (nSPS) is 11.7. The summed E-state index contributed by atoms with van der Waals surface area (Å²) in [5, 5.41) is 7.36. The maximum Gasteiger partial charge on any atom is 0.137 e. The Morgan fingerprint density at radius 3 is 1.92 bits per heavy atom. The third-order valence-corrected chi connectivity index (χ3v) is 10.8. The number of hydrogen-bond acceptors (Lipinski definition) is 3. The van der Waals surface area contributed by atoms with E-state index in [9.17, 15) is 0 Å². The molecule has 0 aliphatic carbocycles. The van der Waals surface area contributed by atoms with E-state index in [1.165, 1.54) is 53.2 Å². The SMILES string of the molecule is c1ccc(-c2ccccc2-c2ccc(N(c3ccc4c(ccc5sc6ccccc6c54)c3)c3cccc4oc5ccccc5c34)cc2)cc1. The Bertz CT molecular complexity index is 2830. The van der Waals surface area contributed by atoms with Gasteiger partial charge in [-0.15, -0.1) is 11.3 Å². The fourth-order valence-corrected chi connectivity index (χ4v) is 8.57. The number of nitrogens with zero attached hydrogens (tertiary/aromatic N) is 1. The summed E-state index contributed by atoms with van der Waals surface area (Å²) in [6.07, 6.45) is 0. The average Bonchev–Trinajstić information content (AvgIpc) is 3.75. The van der Waals surface area contributed by atoms with Crippen LogP contribution in [0.25, 0.3) is 75.1 Å². The van der Waals surface area contributed by atoms with Gasteiger partial charge in [-0.1, -0.05) is 121 Å². The first-order chi connectivity index (χ1) is 24.3. The number of anilines is 3. The smallest absolute Gasteiger partial charge is 0.137 e. The Kier molecular flexibility index (Phi) is 6.39. The number of benzene rings is 8. The molecule has 3 heteroatoms. The van der Waals surface area contributed by atoms with E-state index >= 15 is 0 Å². The van der Waals surface area contributed by atoms with Gasteiger partial charge < -0.3 is 9.32 Å². The van der Waals surface area contributed by atoms with Gasteiger partial charge in [0.25, 0.3) is 0 Å². The summed E-state index contributed by atoms with van der Waals surface area (Å²) in [6.45, 7) is 0. The van der Waals surface area contributed by atoms with Crippen molar-refractivity contribution in [3.05, 3.63) is 176 Å². The van der Waals surface area contributed by atoms with Gasteiger partial charge in [-0.25, -0.2) is 0 Å². The summed E-state index contributed by atoms with van der Waals surface area (Å²) in [5.74, 6) is 0. The fraction of sp³-hybridized carbons (Fsp3) is 0. The van der Waals surface area contributed by atoms with E-state index in [0.717, 1.165) is 39.0 Å². The molecule has 8 aromatic carbocycles. The lowest BCUT2D eigenvalue weighted by atomic mass is 9.94. The maximum atomic E-state index is 6.37. The van der Waals surface area contributed by atoms with E-state index in [1.807, 2.05) is 17.4 Å². The van der Waals surface area contributed by atoms with E-state index in [1.54, 1.807) is 0 Å². The highest BCUT2D eigenvalue weighted by Crippen LogP contribution is 2.45. The van der Waals surface area contributed by atoms with Gasteiger partial charge in [0.15, 0.2) is 0 Å². The lowest BCUT2D eigenvalue weighted by molar-refractivity contribution is 0.669. The molecule has 0 N–H and O–H groups in total. The number of thiophene rings is 1. The maximum absolute atomic E-state index is 6.37. The Hall–Kier alpha value is -6.16. The molecule has 230 valence electrons. The van der Waals surface area contributed by atoms with Crippen LogP contribution in [0.3, 0.4) is 0 Å². The molecule has 0 radical (unpaired) electrons. The molecule has 0 amide bonds. The lowest BCUT2D eigenvalue weighted by Crippen LogP contribution is -2.10. The van der Waals surface area contributed by atoms with E-state index in [4.69, 9.17) is 4.42 Å². The molecule has 2 heterocycles. The Labute approximate surface area is 287 Å². The predicted molar refractivity (Wildman–Crippen MR) is 210 cm³/mol. The molecule has 0 saturated carbocycles. The Morgan fingerprint density at radius 2 is 1.08 bits per heavy atom. The van der Waals surface area contributed by atoms with Crippen LogP contribution in [0.4, 0.5) is 17.1 Å². The van der Waals surface area contributed by atoms with Crippen molar-refractivity contribution >= 4 is 81.3 Å². The number of hydrogen-bond donors (Lipinski definition) is 0.